The second kappa shape index (κ2) is 4.67. The highest BCUT2D eigenvalue weighted by Crippen LogP contribution is 2.24. The quantitative estimate of drug-likeness (QED) is 0.329. The molecule has 6 heteroatoms. The zero-order valence-electron chi connectivity index (χ0n) is 8.48. The minimum atomic E-state index is -1.20. The molecule has 84 valence electrons. The molecule has 5 nitrogen and oxygen atoms in total. The zero-order chi connectivity index (χ0) is 11.5. The van der Waals surface area contributed by atoms with E-state index in [0.29, 0.717) is 5.75 Å². The van der Waals surface area contributed by atoms with Gasteiger partial charge in [-0.25, -0.2) is 9.59 Å². The normalized spacial score (nSPS) is 19.5. The summed E-state index contributed by atoms with van der Waals surface area (Å²) in [6, 6.07) is 0. The van der Waals surface area contributed by atoms with E-state index < -0.39 is 17.7 Å². The molecule has 0 bridgehead atoms. The molecule has 0 aromatic rings. The van der Waals surface area contributed by atoms with E-state index in [9.17, 15) is 9.59 Å². The maximum Gasteiger partial charge on any atom is 0.349 e. The summed E-state index contributed by atoms with van der Waals surface area (Å²) in [5.74, 6) is -2.18. The van der Waals surface area contributed by atoms with E-state index in [1.54, 1.807) is 0 Å². The van der Waals surface area contributed by atoms with E-state index in [1.165, 1.54) is 19.3 Å². The summed E-state index contributed by atoms with van der Waals surface area (Å²) in [6.45, 7) is 2.95. The number of carbonyl (C=O) groups excluding carboxylic acids is 2. The molecule has 0 atom stereocenters. The Hall–Kier alpha value is -1.01. The maximum atomic E-state index is 11.3. The van der Waals surface area contributed by atoms with Gasteiger partial charge < -0.3 is 14.6 Å². The number of ether oxygens (including phenoxy) is 2. The first kappa shape index (κ1) is 12.1. The fourth-order valence-corrected chi connectivity index (χ4v) is 1.53. The van der Waals surface area contributed by atoms with E-state index in [1.807, 2.05) is 0 Å². The summed E-state index contributed by atoms with van der Waals surface area (Å²) in [7, 11) is 0. The zero-order valence-corrected chi connectivity index (χ0v) is 9.30. The van der Waals surface area contributed by atoms with Crippen molar-refractivity contribution >= 4 is 23.7 Å². The van der Waals surface area contributed by atoms with Gasteiger partial charge in [-0.1, -0.05) is 0 Å². The summed E-state index contributed by atoms with van der Waals surface area (Å²) in [5.41, 5.74) is -0.132. The van der Waals surface area contributed by atoms with Gasteiger partial charge in [0.05, 0.1) is 6.61 Å². The molecule has 0 aliphatic carbocycles. The van der Waals surface area contributed by atoms with Crippen LogP contribution in [0.3, 0.4) is 0 Å². The second-order valence-corrected chi connectivity index (χ2v) is 4.28. The lowest BCUT2D eigenvalue weighted by Crippen LogP contribution is -2.41. The number of hydrogen-bond donors (Lipinski definition) is 1. The second-order valence-electron chi connectivity index (χ2n) is 3.30. The van der Waals surface area contributed by atoms with Gasteiger partial charge in [0.15, 0.2) is 5.57 Å². The maximum absolute atomic E-state index is 11.3. The highest BCUT2D eigenvalue weighted by atomic mass is 32.2. The van der Waals surface area contributed by atoms with E-state index in [4.69, 9.17) is 14.6 Å². The van der Waals surface area contributed by atoms with Crippen LogP contribution in [0, 0.1) is 0 Å². The predicted molar refractivity (Wildman–Crippen MR) is 53.9 cm³/mol. The predicted octanol–water partition coefficient (Wildman–Crippen LogP) is 0.432. The van der Waals surface area contributed by atoms with Crippen molar-refractivity contribution in [3.63, 3.8) is 0 Å². The molecule has 1 N–H and O–H groups in total. The van der Waals surface area contributed by atoms with Crippen LogP contribution in [-0.4, -0.2) is 35.2 Å². The smallest absolute Gasteiger partial charge is 0.349 e. The Morgan fingerprint density at radius 1 is 1.33 bits per heavy atom. The third kappa shape index (κ3) is 3.24. The van der Waals surface area contributed by atoms with Crippen molar-refractivity contribution in [1.82, 2.24) is 0 Å². The molecule has 0 aromatic carbocycles. The number of cyclic esters (lactones) is 2. The van der Waals surface area contributed by atoms with Crippen LogP contribution in [0.15, 0.2) is 11.0 Å². The standard InChI is InChI=1S/C9H12O5S/c1-9(2)13-7(11)6(8(12)14-9)5-15-4-3-10/h5,10H,3-4H2,1-2H3. The molecule has 1 rings (SSSR count). The van der Waals surface area contributed by atoms with E-state index in [2.05, 4.69) is 0 Å². The SMILES string of the molecule is CC1(C)OC(=O)C(=CSCCO)C(=O)O1. The van der Waals surface area contributed by atoms with E-state index in [-0.39, 0.29) is 12.2 Å². The number of thioether (sulfide) groups is 1. The van der Waals surface area contributed by atoms with Crippen molar-refractivity contribution in [2.75, 3.05) is 12.4 Å². The lowest BCUT2D eigenvalue weighted by Gasteiger charge is -2.29. The van der Waals surface area contributed by atoms with Crippen molar-refractivity contribution in [2.24, 2.45) is 0 Å². The number of carbonyl (C=O) groups is 2. The molecule has 1 heterocycles. The van der Waals surface area contributed by atoms with Crippen LogP contribution in [0.2, 0.25) is 0 Å². The van der Waals surface area contributed by atoms with Crippen molar-refractivity contribution in [3.05, 3.63) is 11.0 Å². The van der Waals surface area contributed by atoms with Crippen molar-refractivity contribution in [2.45, 2.75) is 19.6 Å². The third-order valence-electron chi connectivity index (χ3n) is 1.53. The van der Waals surface area contributed by atoms with E-state index >= 15 is 0 Å². The number of rotatable bonds is 3. The molecule has 0 spiro atoms. The van der Waals surface area contributed by atoms with Gasteiger partial charge in [-0.15, -0.1) is 11.8 Å². The first-order valence-electron chi connectivity index (χ1n) is 4.35. The molecular weight excluding hydrogens is 220 g/mol. The monoisotopic (exact) mass is 232 g/mol. The van der Waals surface area contributed by atoms with Crippen LogP contribution >= 0.6 is 11.8 Å². The third-order valence-corrected chi connectivity index (χ3v) is 2.35. The summed E-state index contributed by atoms with van der Waals surface area (Å²) < 4.78 is 9.72. The van der Waals surface area contributed by atoms with Crippen molar-refractivity contribution < 1.29 is 24.2 Å². The molecule has 0 saturated carbocycles. The Morgan fingerprint density at radius 2 is 1.87 bits per heavy atom. The van der Waals surface area contributed by atoms with Gasteiger partial charge in [0.1, 0.15) is 0 Å². The Balaban J connectivity index is 2.71. The highest BCUT2D eigenvalue weighted by Gasteiger charge is 2.38. The Kier molecular flexibility index (Phi) is 3.76. The molecular formula is C9H12O5S. The minimum absolute atomic E-state index is 0.0238. The summed E-state index contributed by atoms with van der Waals surface area (Å²) in [4.78, 5) is 22.7. The molecule has 1 aliphatic rings. The van der Waals surface area contributed by atoms with Gasteiger partial charge in [-0.2, -0.15) is 0 Å². The fraction of sp³-hybridized carbons (Fsp3) is 0.556. The van der Waals surface area contributed by atoms with Gasteiger partial charge in [0, 0.05) is 19.6 Å². The van der Waals surface area contributed by atoms with Crippen LogP contribution < -0.4 is 0 Å². The summed E-state index contributed by atoms with van der Waals surface area (Å²) in [6.07, 6.45) is 0. The van der Waals surface area contributed by atoms with Gasteiger partial charge in [0.25, 0.3) is 5.79 Å². The van der Waals surface area contributed by atoms with Gasteiger partial charge >= 0.3 is 11.9 Å². The fourth-order valence-electron chi connectivity index (χ4n) is 0.952. The molecule has 0 aromatic heterocycles. The van der Waals surface area contributed by atoms with Crippen LogP contribution in [0.25, 0.3) is 0 Å². The molecule has 0 amide bonds. The Labute approximate surface area is 91.4 Å². The van der Waals surface area contributed by atoms with Crippen LogP contribution in [0.5, 0.6) is 0 Å². The number of hydrogen-bond acceptors (Lipinski definition) is 6. The first-order valence-corrected chi connectivity index (χ1v) is 5.40. The number of esters is 2. The van der Waals surface area contributed by atoms with Gasteiger partial charge in [-0.05, 0) is 5.41 Å². The highest BCUT2D eigenvalue weighted by molar-refractivity contribution is 8.02. The minimum Gasteiger partial charge on any atom is -0.419 e. The number of aliphatic hydroxyl groups excluding tert-OH is 1. The van der Waals surface area contributed by atoms with Crippen LogP contribution in [-0.2, 0) is 19.1 Å². The Morgan fingerprint density at radius 3 is 2.33 bits per heavy atom. The first-order chi connectivity index (χ1) is 6.96. The summed E-state index contributed by atoms with van der Waals surface area (Å²) >= 11 is 1.15. The molecule has 0 radical (unpaired) electrons. The average Bonchev–Trinajstić information content (AvgIpc) is 2.08. The lowest BCUT2D eigenvalue weighted by molar-refractivity contribution is -0.222. The average molecular weight is 232 g/mol. The van der Waals surface area contributed by atoms with Crippen LogP contribution in [0.4, 0.5) is 0 Å². The molecule has 1 fully saturated rings. The van der Waals surface area contributed by atoms with Crippen LogP contribution in [0.1, 0.15) is 13.8 Å². The lowest BCUT2D eigenvalue weighted by atomic mass is 10.2. The summed E-state index contributed by atoms with van der Waals surface area (Å²) in [5, 5.41) is 9.87. The van der Waals surface area contributed by atoms with Crippen molar-refractivity contribution in [3.8, 4) is 0 Å². The molecule has 15 heavy (non-hydrogen) atoms. The Bertz CT molecular complexity index is 286. The molecule has 1 saturated heterocycles. The van der Waals surface area contributed by atoms with Gasteiger partial charge in [-0.3, -0.25) is 0 Å². The largest absolute Gasteiger partial charge is 0.419 e. The number of aliphatic hydroxyl groups is 1. The van der Waals surface area contributed by atoms with Gasteiger partial charge in [0.2, 0.25) is 0 Å². The molecule has 0 unspecified atom stereocenters. The topological polar surface area (TPSA) is 72.8 Å². The van der Waals surface area contributed by atoms with Crippen molar-refractivity contribution in [1.29, 1.82) is 0 Å². The van der Waals surface area contributed by atoms with E-state index in [0.717, 1.165) is 11.8 Å². The molecule has 1 aliphatic heterocycles.